The number of ether oxygens (including phenoxy) is 1. The third-order valence-electron chi connectivity index (χ3n) is 4.16. The average Bonchev–Trinajstić information content (AvgIpc) is 2.43. The van der Waals surface area contributed by atoms with E-state index in [1.54, 1.807) is 0 Å². The maximum atomic E-state index is 14.0. The number of fused-ring (bicyclic) bond motifs is 1. The Kier molecular flexibility index (Phi) is 5.55. The fraction of sp³-hybridized carbons (Fsp3) is 0.917. The number of rotatable bonds is 5. The molecule has 1 aliphatic heterocycles. The molecule has 2 rings (SSSR count). The fourth-order valence-corrected chi connectivity index (χ4v) is 3.06. The van der Waals surface area contributed by atoms with E-state index in [1.165, 1.54) is 14.0 Å². The van der Waals surface area contributed by atoms with E-state index in [1.807, 2.05) is 0 Å². The summed E-state index contributed by atoms with van der Waals surface area (Å²) in [5, 5.41) is 2.97. The largest absolute Gasteiger partial charge is 0.345 e. The van der Waals surface area contributed by atoms with Gasteiger partial charge in [-0.25, -0.2) is 9.28 Å². The minimum absolute atomic E-state index is 0.0219. The number of carbonyl (C=O) groups excluding carboxylic acids is 1. The van der Waals surface area contributed by atoms with Crippen molar-refractivity contribution in [2.75, 3.05) is 13.7 Å². The number of hydrogen-bond donors (Lipinski definition) is 2. The summed E-state index contributed by atoms with van der Waals surface area (Å²) < 4.78 is 43.6. The molecule has 0 aromatic rings. The summed E-state index contributed by atoms with van der Waals surface area (Å²) in [5.74, 6) is -1.75. The second-order valence-electron chi connectivity index (χ2n) is 5.34. The van der Waals surface area contributed by atoms with Gasteiger partial charge in [-0.15, -0.1) is 4.99 Å². The number of alkyl halides is 3. The summed E-state index contributed by atoms with van der Waals surface area (Å²) in [6, 6.07) is -1.35. The molecule has 2 N–H and O–H groups in total. The molecular weight excluding hydrogens is 293 g/mol. The van der Waals surface area contributed by atoms with Crippen molar-refractivity contribution in [1.82, 2.24) is 10.8 Å². The Bertz CT molecular complexity index is 374. The highest BCUT2D eigenvalue weighted by Crippen LogP contribution is 2.37. The summed E-state index contributed by atoms with van der Waals surface area (Å²) in [4.78, 5) is 21.2. The Morgan fingerprint density at radius 1 is 1.43 bits per heavy atom. The smallest absolute Gasteiger partial charge is 0.318 e. The number of nitrogens with one attached hydrogen (secondary N) is 2. The van der Waals surface area contributed by atoms with Gasteiger partial charge in [-0.3, -0.25) is 4.79 Å². The first-order chi connectivity index (χ1) is 9.95. The molecule has 1 saturated heterocycles. The molecule has 2 fully saturated rings. The van der Waals surface area contributed by atoms with Gasteiger partial charge >= 0.3 is 6.61 Å². The van der Waals surface area contributed by atoms with Gasteiger partial charge in [0, 0.05) is 24.4 Å². The van der Waals surface area contributed by atoms with Crippen molar-refractivity contribution in [2.24, 2.45) is 11.8 Å². The van der Waals surface area contributed by atoms with Crippen LogP contribution in [0.4, 0.5) is 13.2 Å². The fourth-order valence-electron chi connectivity index (χ4n) is 3.06. The molecule has 6 atom stereocenters. The summed E-state index contributed by atoms with van der Waals surface area (Å²) in [6.07, 6.45) is -2.44. The molecule has 122 valence electrons. The quantitative estimate of drug-likeness (QED) is 0.572. The second kappa shape index (κ2) is 7.01. The molecule has 2 aliphatic rings. The minimum atomic E-state index is -3.01. The van der Waals surface area contributed by atoms with Gasteiger partial charge in [-0.05, 0) is 6.42 Å². The first kappa shape index (κ1) is 16.6. The van der Waals surface area contributed by atoms with Crippen LogP contribution >= 0.6 is 0 Å². The third-order valence-corrected chi connectivity index (χ3v) is 4.16. The summed E-state index contributed by atoms with van der Waals surface area (Å²) >= 11 is 0. The maximum Gasteiger partial charge on any atom is 0.345 e. The molecule has 1 aliphatic carbocycles. The molecule has 9 heteroatoms. The molecule has 0 amide bonds. The molecule has 1 saturated carbocycles. The lowest BCUT2D eigenvalue weighted by Crippen LogP contribution is -2.66. The first-order valence-electron chi connectivity index (χ1n) is 6.75. The normalized spacial score (nSPS) is 40.4. The van der Waals surface area contributed by atoms with Crippen molar-refractivity contribution >= 4 is 5.78 Å². The number of carbonyl (C=O) groups is 1. The Labute approximate surface area is 120 Å². The lowest BCUT2D eigenvalue weighted by Gasteiger charge is -2.46. The van der Waals surface area contributed by atoms with E-state index in [-0.39, 0.29) is 18.7 Å². The Hall–Kier alpha value is -0.740. The van der Waals surface area contributed by atoms with Gasteiger partial charge in [0.1, 0.15) is 12.2 Å². The Morgan fingerprint density at radius 3 is 2.76 bits per heavy atom. The number of piperidine rings is 1. The molecule has 6 unspecified atom stereocenters. The number of halogens is 3. The van der Waals surface area contributed by atoms with E-state index in [0.29, 0.717) is 0 Å². The predicted octanol–water partition coefficient (Wildman–Crippen LogP) is 0.580. The Morgan fingerprint density at radius 2 is 2.14 bits per heavy atom. The van der Waals surface area contributed by atoms with E-state index >= 15 is 0 Å². The first-order valence-corrected chi connectivity index (χ1v) is 6.75. The molecule has 0 radical (unpaired) electrons. The van der Waals surface area contributed by atoms with Gasteiger partial charge in [-0.2, -0.15) is 14.3 Å². The molecule has 0 spiro atoms. The van der Waals surface area contributed by atoms with Gasteiger partial charge in [0.05, 0.1) is 13.2 Å². The predicted molar refractivity (Wildman–Crippen MR) is 64.9 cm³/mol. The van der Waals surface area contributed by atoms with Crippen LogP contribution in [-0.2, 0) is 19.4 Å². The lowest BCUT2D eigenvalue weighted by molar-refractivity contribution is -0.322. The minimum Gasteiger partial charge on any atom is -0.318 e. The second-order valence-corrected chi connectivity index (χ2v) is 5.34. The number of ketones is 1. The van der Waals surface area contributed by atoms with E-state index in [0.717, 1.165) is 0 Å². The van der Waals surface area contributed by atoms with Gasteiger partial charge in [0.2, 0.25) is 0 Å². The summed E-state index contributed by atoms with van der Waals surface area (Å²) in [7, 11) is 1.27. The van der Waals surface area contributed by atoms with E-state index in [9.17, 15) is 18.0 Å². The standard InChI is InChI=1S/C12H19F3N2O4/c1-5-7(13)3-6-9(11(5)20-12(14)15)16-4-8(10(6)18)17-21-19-2/h5-9,11-12,16-17H,3-4H2,1-2H3. The number of hydrogen-bond acceptors (Lipinski definition) is 6. The monoisotopic (exact) mass is 312 g/mol. The van der Waals surface area contributed by atoms with Crippen LogP contribution in [0.2, 0.25) is 0 Å². The molecular formula is C12H19F3N2O4. The van der Waals surface area contributed by atoms with Gasteiger partial charge in [0.15, 0.2) is 5.78 Å². The summed E-state index contributed by atoms with van der Waals surface area (Å²) in [5.41, 5.74) is 2.39. The third kappa shape index (κ3) is 3.54. The van der Waals surface area contributed by atoms with Crippen LogP contribution in [-0.4, -0.2) is 50.4 Å². The highest BCUT2D eigenvalue weighted by molar-refractivity contribution is 5.88. The van der Waals surface area contributed by atoms with Crippen molar-refractivity contribution in [3.63, 3.8) is 0 Å². The van der Waals surface area contributed by atoms with Gasteiger partial charge < -0.3 is 10.1 Å². The number of Topliss-reactive ketones (excluding diaryl/α,β-unsaturated/α-hetero) is 1. The zero-order valence-electron chi connectivity index (χ0n) is 11.7. The van der Waals surface area contributed by atoms with Crippen LogP contribution in [0.15, 0.2) is 0 Å². The van der Waals surface area contributed by atoms with Crippen LogP contribution in [0.1, 0.15) is 13.3 Å². The van der Waals surface area contributed by atoms with Crippen LogP contribution in [0, 0.1) is 11.8 Å². The molecule has 0 aromatic carbocycles. The zero-order chi connectivity index (χ0) is 15.6. The van der Waals surface area contributed by atoms with Crippen molar-refractivity contribution in [1.29, 1.82) is 0 Å². The molecule has 0 aromatic heterocycles. The van der Waals surface area contributed by atoms with E-state index < -0.39 is 42.8 Å². The topological polar surface area (TPSA) is 68.8 Å². The van der Waals surface area contributed by atoms with Crippen molar-refractivity contribution in [2.45, 2.75) is 44.3 Å². The molecule has 0 bridgehead atoms. The van der Waals surface area contributed by atoms with Crippen LogP contribution in [0.25, 0.3) is 0 Å². The number of hydroxylamine groups is 1. The van der Waals surface area contributed by atoms with E-state index in [4.69, 9.17) is 0 Å². The Balaban J connectivity index is 2.10. The summed E-state index contributed by atoms with van der Waals surface area (Å²) in [6.45, 7) is -1.33. The molecule has 6 nitrogen and oxygen atoms in total. The van der Waals surface area contributed by atoms with Gasteiger partial charge in [-0.1, -0.05) is 6.92 Å². The van der Waals surface area contributed by atoms with Crippen LogP contribution < -0.4 is 10.8 Å². The SMILES string of the molecule is COONC1CNC2C(CC(F)C(C)C2OC(F)F)C1=O. The highest BCUT2D eigenvalue weighted by atomic mass is 19.3. The average molecular weight is 312 g/mol. The van der Waals surface area contributed by atoms with Crippen LogP contribution in [0.5, 0.6) is 0 Å². The van der Waals surface area contributed by atoms with Crippen molar-refractivity contribution in [3.05, 3.63) is 0 Å². The lowest BCUT2D eigenvalue weighted by atomic mass is 9.71. The van der Waals surface area contributed by atoms with Crippen LogP contribution in [0.3, 0.4) is 0 Å². The van der Waals surface area contributed by atoms with Crippen molar-refractivity contribution < 1.29 is 32.6 Å². The maximum absolute atomic E-state index is 14.0. The highest BCUT2D eigenvalue weighted by Gasteiger charge is 2.51. The van der Waals surface area contributed by atoms with Crippen molar-refractivity contribution in [3.8, 4) is 0 Å². The zero-order valence-corrected chi connectivity index (χ0v) is 11.7. The van der Waals surface area contributed by atoms with Gasteiger partial charge in [0.25, 0.3) is 0 Å². The molecule has 1 heterocycles. The molecule has 21 heavy (non-hydrogen) atoms. The van der Waals surface area contributed by atoms with E-state index in [2.05, 4.69) is 25.4 Å².